The Morgan fingerprint density at radius 1 is 1.05 bits per heavy atom. The highest BCUT2D eigenvalue weighted by Gasteiger charge is 2.34. The lowest BCUT2D eigenvalue weighted by molar-refractivity contribution is -0.526. The summed E-state index contributed by atoms with van der Waals surface area (Å²) in [7, 11) is 0. The first-order valence-electron chi connectivity index (χ1n) is 7.19. The van der Waals surface area contributed by atoms with E-state index in [4.69, 9.17) is 0 Å². The molecular formula is C17H19NO4. The smallest absolute Gasteiger partial charge is 0.224 e. The summed E-state index contributed by atoms with van der Waals surface area (Å²) in [6.45, 7) is -0.169. The first-order valence-corrected chi connectivity index (χ1v) is 7.19. The predicted molar refractivity (Wildman–Crippen MR) is 83.5 cm³/mol. The second-order valence-electron chi connectivity index (χ2n) is 5.22. The lowest BCUT2D eigenvalue weighted by Crippen LogP contribution is -2.30. The maximum atomic E-state index is 11.5. The zero-order valence-electron chi connectivity index (χ0n) is 12.1. The standard InChI is InChI=1S/C17H19NO4/c19-11-10-14(15-8-4-5-9-17(15)20)16(18(21)22)12-13-6-2-1-3-7-13/h1-9,14,16,19-20H,10-12H2/t14-,16-/m0/s1. The fraction of sp³-hybridized carbons (Fsp3) is 0.294. The van der Waals surface area contributed by atoms with E-state index in [-0.39, 0.29) is 30.1 Å². The van der Waals surface area contributed by atoms with Crippen LogP contribution in [0.5, 0.6) is 5.75 Å². The third kappa shape index (κ3) is 3.83. The molecule has 2 aromatic carbocycles. The van der Waals surface area contributed by atoms with Crippen LogP contribution in [0, 0.1) is 10.1 Å². The van der Waals surface area contributed by atoms with Crippen LogP contribution in [0.25, 0.3) is 0 Å². The van der Waals surface area contributed by atoms with Crippen LogP contribution >= 0.6 is 0 Å². The Morgan fingerprint density at radius 3 is 2.27 bits per heavy atom. The van der Waals surface area contributed by atoms with Crippen molar-refractivity contribution in [1.29, 1.82) is 0 Å². The van der Waals surface area contributed by atoms with Crippen molar-refractivity contribution in [3.63, 3.8) is 0 Å². The van der Waals surface area contributed by atoms with Crippen molar-refractivity contribution < 1.29 is 15.1 Å². The number of para-hydroxylation sites is 1. The van der Waals surface area contributed by atoms with Crippen LogP contribution in [0.3, 0.4) is 0 Å². The molecule has 0 unspecified atom stereocenters. The van der Waals surface area contributed by atoms with Crippen LogP contribution in [0.15, 0.2) is 54.6 Å². The molecule has 2 atom stereocenters. The van der Waals surface area contributed by atoms with E-state index in [1.165, 1.54) is 6.07 Å². The number of phenols is 1. The minimum Gasteiger partial charge on any atom is -0.508 e. The number of aromatic hydroxyl groups is 1. The maximum absolute atomic E-state index is 11.5. The second-order valence-corrected chi connectivity index (χ2v) is 5.22. The van der Waals surface area contributed by atoms with Gasteiger partial charge in [-0.3, -0.25) is 10.1 Å². The molecule has 2 N–H and O–H groups in total. The monoisotopic (exact) mass is 301 g/mol. The molecule has 0 fully saturated rings. The van der Waals surface area contributed by atoms with E-state index in [0.717, 1.165) is 5.56 Å². The van der Waals surface area contributed by atoms with Crippen molar-refractivity contribution in [2.45, 2.75) is 24.8 Å². The molecule has 0 aromatic heterocycles. The zero-order chi connectivity index (χ0) is 15.9. The molecule has 0 radical (unpaired) electrons. The van der Waals surface area contributed by atoms with Gasteiger partial charge in [0.2, 0.25) is 6.04 Å². The Balaban J connectivity index is 2.34. The molecule has 116 valence electrons. The first-order chi connectivity index (χ1) is 10.6. The topological polar surface area (TPSA) is 83.6 Å². The number of aliphatic hydroxyl groups is 1. The van der Waals surface area contributed by atoms with Gasteiger partial charge in [0.1, 0.15) is 5.75 Å². The minimum absolute atomic E-state index is 0.0286. The summed E-state index contributed by atoms with van der Waals surface area (Å²) in [6.07, 6.45) is 0.489. The Bertz CT molecular complexity index is 615. The number of rotatable bonds is 7. The molecule has 0 saturated heterocycles. The van der Waals surface area contributed by atoms with Crippen LogP contribution in [-0.2, 0) is 6.42 Å². The summed E-state index contributed by atoms with van der Waals surface area (Å²) in [5, 5.41) is 30.8. The average Bonchev–Trinajstić information content (AvgIpc) is 2.52. The van der Waals surface area contributed by atoms with Gasteiger partial charge in [-0.25, -0.2) is 0 Å². The number of aliphatic hydroxyl groups excluding tert-OH is 1. The van der Waals surface area contributed by atoms with Gasteiger partial charge in [0.15, 0.2) is 0 Å². The Morgan fingerprint density at radius 2 is 1.68 bits per heavy atom. The van der Waals surface area contributed by atoms with Crippen LogP contribution in [0.1, 0.15) is 23.5 Å². The number of phenolic OH excluding ortho intramolecular Hbond substituents is 1. The normalized spacial score (nSPS) is 13.5. The average molecular weight is 301 g/mol. The summed E-state index contributed by atoms with van der Waals surface area (Å²) >= 11 is 0. The van der Waals surface area contributed by atoms with Crippen molar-refractivity contribution >= 4 is 0 Å². The van der Waals surface area contributed by atoms with E-state index in [2.05, 4.69) is 0 Å². The van der Waals surface area contributed by atoms with Crippen LogP contribution in [-0.4, -0.2) is 27.8 Å². The highest BCUT2D eigenvalue weighted by Crippen LogP contribution is 2.33. The Labute approximate surface area is 129 Å². The molecule has 22 heavy (non-hydrogen) atoms. The van der Waals surface area contributed by atoms with E-state index in [9.17, 15) is 20.3 Å². The zero-order valence-corrected chi connectivity index (χ0v) is 12.1. The number of nitro groups is 1. The highest BCUT2D eigenvalue weighted by atomic mass is 16.6. The van der Waals surface area contributed by atoms with Crippen molar-refractivity contribution in [2.75, 3.05) is 6.61 Å². The van der Waals surface area contributed by atoms with E-state index < -0.39 is 12.0 Å². The third-order valence-electron chi connectivity index (χ3n) is 3.80. The largest absolute Gasteiger partial charge is 0.508 e. The lowest BCUT2D eigenvalue weighted by Gasteiger charge is -2.21. The van der Waals surface area contributed by atoms with Gasteiger partial charge in [0, 0.05) is 23.5 Å². The molecule has 2 rings (SSSR count). The van der Waals surface area contributed by atoms with Gasteiger partial charge in [-0.15, -0.1) is 0 Å². The van der Waals surface area contributed by atoms with Gasteiger partial charge < -0.3 is 10.2 Å². The number of hydrogen-bond acceptors (Lipinski definition) is 4. The summed E-state index contributed by atoms with van der Waals surface area (Å²) in [6, 6.07) is 14.9. The fourth-order valence-corrected chi connectivity index (χ4v) is 2.71. The predicted octanol–water partition coefficient (Wildman–Crippen LogP) is 2.75. The Hall–Kier alpha value is -2.40. The van der Waals surface area contributed by atoms with Gasteiger partial charge in [0.05, 0.1) is 5.92 Å². The summed E-state index contributed by atoms with van der Waals surface area (Å²) in [5.41, 5.74) is 1.37. The van der Waals surface area contributed by atoms with Crippen LogP contribution in [0.2, 0.25) is 0 Å². The quantitative estimate of drug-likeness (QED) is 0.608. The molecule has 0 aliphatic heterocycles. The van der Waals surface area contributed by atoms with E-state index >= 15 is 0 Å². The van der Waals surface area contributed by atoms with Gasteiger partial charge in [-0.1, -0.05) is 48.5 Å². The molecule has 5 heteroatoms. The molecule has 0 aliphatic rings. The third-order valence-corrected chi connectivity index (χ3v) is 3.80. The summed E-state index contributed by atoms with van der Waals surface area (Å²) in [4.78, 5) is 11.2. The van der Waals surface area contributed by atoms with Gasteiger partial charge in [-0.05, 0) is 18.1 Å². The highest BCUT2D eigenvalue weighted by molar-refractivity contribution is 5.36. The van der Waals surface area contributed by atoms with Crippen molar-refractivity contribution in [3.8, 4) is 5.75 Å². The minimum atomic E-state index is -0.900. The van der Waals surface area contributed by atoms with Gasteiger partial charge in [0.25, 0.3) is 0 Å². The number of hydrogen-bond donors (Lipinski definition) is 2. The van der Waals surface area contributed by atoms with E-state index in [0.29, 0.717) is 5.56 Å². The van der Waals surface area contributed by atoms with Crippen LogP contribution < -0.4 is 0 Å². The van der Waals surface area contributed by atoms with Gasteiger partial charge >= 0.3 is 0 Å². The molecule has 0 saturated carbocycles. The van der Waals surface area contributed by atoms with Crippen molar-refractivity contribution in [1.82, 2.24) is 0 Å². The number of nitrogens with zero attached hydrogens (tertiary/aromatic N) is 1. The fourth-order valence-electron chi connectivity index (χ4n) is 2.71. The molecule has 0 aliphatic carbocycles. The molecule has 0 spiro atoms. The van der Waals surface area contributed by atoms with E-state index in [1.807, 2.05) is 30.3 Å². The molecule has 2 aromatic rings. The molecule has 0 heterocycles. The SMILES string of the molecule is O=[N+]([O-])[C@@H](Cc1ccccc1)[C@@H](CCO)c1ccccc1O. The Kier molecular flexibility index (Phi) is 5.49. The van der Waals surface area contributed by atoms with Crippen molar-refractivity contribution in [2.24, 2.45) is 0 Å². The van der Waals surface area contributed by atoms with Gasteiger partial charge in [-0.2, -0.15) is 0 Å². The molecule has 0 bridgehead atoms. The lowest BCUT2D eigenvalue weighted by atomic mass is 9.85. The maximum Gasteiger partial charge on any atom is 0.224 e. The molecule has 5 nitrogen and oxygen atoms in total. The van der Waals surface area contributed by atoms with Crippen LogP contribution in [0.4, 0.5) is 0 Å². The molecular weight excluding hydrogens is 282 g/mol. The summed E-state index contributed by atoms with van der Waals surface area (Å²) < 4.78 is 0. The summed E-state index contributed by atoms with van der Waals surface area (Å²) in [5.74, 6) is -0.512. The number of benzene rings is 2. The molecule has 0 amide bonds. The van der Waals surface area contributed by atoms with Crippen molar-refractivity contribution in [3.05, 3.63) is 75.8 Å². The second kappa shape index (κ2) is 7.56. The first kappa shape index (κ1) is 16.0. The van der Waals surface area contributed by atoms with E-state index in [1.54, 1.807) is 18.2 Å².